The second-order valence-electron chi connectivity index (χ2n) is 5.08. The molecule has 2 aromatic rings. The Hall–Kier alpha value is -2.73. The second kappa shape index (κ2) is 9.54. The van der Waals surface area contributed by atoms with Crippen molar-refractivity contribution < 1.29 is 19.1 Å². The molecule has 0 saturated heterocycles. The van der Waals surface area contributed by atoms with E-state index in [0.29, 0.717) is 35.2 Å². The molecule has 0 saturated carbocycles. The van der Waals surface area contributed by atoms with E-state index in [9.17, 15) is 9.59 Å². The minimum absolute atomic E-state index is 0.106. The largest absolute Gasteiger partial charge is 0.497 e. The summed E-state index contributed by atoms with van der Waals surface area (Å²) in [5.74, 6) is 0.669. The number of amides is 2. The Balaban J connectivity index is 1.65. The number of carbonyl (C=O) groups excluding carboxylic acids is 2. The van der Waals surface area contributed by atoms with Gasteiger partial charge in [-0.2, -0.15) is 0 Å². The highest BCUT2D eigenvalue weighted by Crippen LogP contribution is 2.15. The van der Waals surface area contributed by atoms with Gasteiger partial charge in [-0.25, -0.2) is 0 Å². The molecule has 0 aliphatic carbocycles. The van der Waals surface area contributed by atoms with Crippen LogP contribution in [0.15, 0.2) is 48.5 Å². The van der Waals surface area contributed by atoms with Crippen molar-refractivity contribution in [3.8, 4) is 11.5 Å². The Morgan fingerprint density at radius 1 is 1.00 bits per heavy atom. The third kappa shape index (κ3) is 6.35. The van der Waals surface area contributed by atoms with Crippen molar-refractivity contribution in [3.05, 3.63) is 59.1 Å². The van der Waals surface area contributed by atoms with Crippen LogP contribution in [0.25, 0.3) is 0 Å². The summed E-state index contributed by atoms with van der Waals surface area (Å²) in [6.07, 6.45) is 0. The zero-order chi connectivity index (χ0) is 18.1. The van der Waals surface area contributed by atoms with E-state index in [4.69, 9.17) is 21.1 Å². The highest BCUT2D eigenvalue weighted by Gasteiger charge is 2.07. The molecule has 25 heavy (non-hydrogen) atoms. The highest BCUT2D eigenvalue weighted by molar-refractivity contribution is 6.30. The molecule has 7 heteroatoms. The molecule has 2 rings (SSSR count). The lowest BCUT2D eigenvalue weighted by Crippen LogP contribution is -2.36. The third-order valence-electron chi connectivity index (χ3n) is 3.25. The summed E-state index contributed by atoms with van der Waals surface area (Å²) in [5, 5.41) is 5.99. The van der Waals surface area contributed by atoms with Gasteiger partial charge in [0.05, 0.1) is 7.11 Å². The maximum absolute atomic E-state index is 12.0. The lowest BCUT2D eigenvalue weighted by atomic mass is 10.2. The van der Waals surface area contributed by atoms with Crippen molar-refractivity contribution in [2.24, 2.45) is 0 Å². The fourth-order valence-corrected chi connectivity index (χ4v) is 2.10. The van der Waals surface area contributed by atoms with Crippen molar-refractivity contribution in [2.75, 3.05) is 26.8 Å². The zero-order valence-electron chi connectivity index (χ0n) is 13.8. The summed E-state index contributed by atoms with van der Waals surface area (Å²) >= 11 is 5.77. The summed E-state index contributed by atoms with van der Waals surface area (Å²) in [7, 11) is 1.54. The van der Waals surface area contributed by atoms with Crippen LogP contribution in [-0.4, -0.2) is 38.6 Å². The standard InChI is InChI=1S/C18H19ClN2O4/c1-24-16-4-2-3-13(11-16)18(23)21-10-9-20-17(22)12-25-15-7-5-14(19)6-8-15/h2-8,11H,9-10,12H2,1H3,(H,20,22)(H,21,23). The molecule has 6 nitrogen and oxygen atoms in total. The minimum Gasteiger partial charge on any atom is -0.497 e. The first kappa shape index (κ1) is 18.6. The van der Waals surface area contributed by atoms with Gasteiger partial charge in [0.25, 0.3) is 11.8 Å². The SMILES string of the molecule is COc1cccc(C(=O)NCCNC(=O)COc2ccc(Cl)cc2)c1. The summed E-state index contributed by atoms with van der Waals surface area (Å²) in [6.45, 7) is 0.507. The van der Waals surface area contributed by atoms with Crippen LogP contribution in [0.5, 0.6) is 11.5 Å². The molecule has 0 fully saturated rings. The number of hydrogen-bond acceptors (Lipinski definition) is 4. The Morgan fingerprint density at radius 3 is 2.44 bits per heavy atom. The Labute approximate surface area is 151 Å². The van der Waals surface area contributed by atoms with Crippen LogP contribution in [0, 0.1) is 0 Å². The molecule has 132 valence electrons. The van der Waals surface area contributed by atoms with Gasteiger partial charge in [0.15, 0.2) is 6.61 Å². The molecule has 0 aliphatic rings. The number of ether oxygens (including phenoxy) is 2. The molecule has 2 amide bonds. The van der Waals surface area contributed by atoms with Crippen LogP contribution in [0.4, 0.5) is 0 Å². The van der Waals surface area contributed by atoms with E-state index in [1.165, 1.54) is 0 Å². The van der Waals surface area contributed by atoms with Crippen LogP contribution in [0.1, 0.15) is 10.4 Å². The van der Waals surface area contributed by atoms with Crippen LogP contribution >= 0.6 is 11.6 Å². The highest BCUT2D eigenvalue weighted by atomic mass is 35.5. The number of methoxy groups -OCH3 is 1. The van der Waals surface area contributed by atoms with Crippen LogP contribution < -0.4 is 20.1 Å². The monoisotopic (exact) mass is 362 g/mol. The molecule has 2 N–H and O–H groups in total. The first-order valence-electron chi connectivity index (χ1n) is 7.66. The molecule has 0 unspecified atom stereocenters. The second-order valence-corrected chi connectivity index (χ2v) is 5.52. The molecular weight excluding hydrogens is 344 g/mol. The number of hydrogen-bond donors (Lipinski definition) is 2. The fourth-order valence-electron chi connectivity index (χ4n) is 1.98. The van der Waals surface area contributed by atoms with E-state index >= 15 is 0 Å². The number of benzene rings is 2. The van der Waals surface area contributed by atoms with Crippen molar-refractivity contribution in [2.45, 2.75) is 0 Å². The first-order chi connectivity index (χ1) is 12.1. The fraction of sp³-hybridized carbons (Fsp3) is 0.222. The Morgan fingerprint density at radius 2 is 1.72 bits per heavy atom. The zero-order valence-corrected chi connectivity index (χ0v) is 14.5. The molecular formula is C18H19ClN2O4. The molecule has 0 heterocycles. The smallest absolute Gasteiger partial charge is 0.258 e. The summed E-state index contributed by atoms with van der Waals surface area (Å²) in [6, 6.07) is 13.6. The quantitative estimate of drug-likeness (QED) is 0.706. The van der Waals surface area contributed by atoms with Gasteiger partial charge in [0.2, 0.25) is 0 Å². The van der Waals surface area contributed by atoms with Crippen molar-refractivity contribution in [1.82, 2.24) is 10.6 Å². The summed E-state index contributed by atoms with van der Waals surface area (Å²) < 4.78 is 10.4. The predicted octanol–water partition coefficient (Wildman–Crippen LogP) is 2.27. The van der Waals surface area contributed by atoms with Crippen molar-refractivity contribution in [1.29, 1.82) is 0 Å². The van der Waals surface area contributed by atoms with Gasteiger partial charge >= 0.3 is 0 Å². The van der Waals surface area contributed by atoms with E-state index in [-0.39, 0.29) is 18.4 Å². The first-order valence-corrected chi connectivity index (χ1v) is 8.03. The number of rotatable bonds is 8. The van der Waals surface area contributed by atoms with E-state index < -0.39 is 0 Å². The summed E-state index contributed by atoms with van der Waals surface area (Å²) in [5.41, 5.74) is 0.497. The molecule has 0 spiro atoms. The van der Waals surface area contributed by atoms with Crippen LogP contribution in [-0.2, 0) is 4.79 Å². The maximum Gasteiger partial charge on any atom is 0.258 e. The normalized spacial score (nSPS) is 10.0. The number of halogens is 1. The van der Waals surface area contributed by atoms with Gasteiger partial charge in [0.1, 0.15) is 11.5 Å². The van der Waals surface area contributed by atoms with Crippen molar-refractivity contribution >= 4 is 23.4 Å². The average molecular weight is 363 g/mol. The topological polar surface area (TPSA) is 76.7 Å². The molecule has 0 aromatic heterocycles. The van der Waals surface area contributed by atoms with E-state index in [2.05, 4.69) is 10.6 Å². The number of carbonyl (C=O) groups is 2. The number of nitrogens with one attached hydrogen (secondary N) is 2. The third-order valence-corrected chi connectivity index (χ3v) is 3.50. The Kier molecular flexibility index (Phi) is 7.10. The van der Waals surface area contributed by atoms with E-state index in [1.807, 2.05) is 0 Å². The Bertz CT molecular complexity index is 719. The van der Waals surface area contributed by atoms with Gasteiger partial charge < -0.3 is 20.1 Å². The molecule has 2 aromatic carbocycles. The van der Waals surface area contributed by atoms with Gasteiger partial charge in [-0.05, 0) is 42.5 Å². The minimum atomic E-state index is -0.273. The maximum atomic E-state index is 12.0. The lowest BCUT2D eigenvalue weighted by Gasteiger charge is -2.09. The molecule has 0 atom stereocenters. The average Bonchev–Trinajstić information content (AvgIpc) is 2.64. The van der Waals surface area contributed by atoms with E-state index in [0.717, 1.165) is 0 Å². The molecule has 0 aliphatic heterocycles. The van der Waals surface area contributed by atoms with Gasteiger partial charge in [-0.1, -0.05) is 17.7 Å². The molecule has 0 radical (unpaired) electrons. The lowest BCUT2D eigenvalue weighted by molar-refractivity contribution is -0.123. The van der Waals surface area contributed by atoms with Crippen LogP contribution in [0.3, 0.4) is 0 Å². The van der Waals surface area contributed by atoms with Crippen LogP contribution in [0.2, 0.25) is 5.02 Å². The predicted molar refractivity (Wildman–Crippen MR) is 95.3 cm³/mol. The molecule has 0 bridgehead atoms. The summed E-state index contributed by atoms with van der Waals surface area (Å²) in [4.78, 5) is 23.7. The van der Waals surface area contributed by atoms with E-state index in [1.54, 1.807) is 55.6 Å². The van der Waals surface area contributed by atoms with Gasteiger partial charge in [-0.3, -0.25) is 9.59 Å². The van der Waals surface area contributed by atoms with Gasteiger partial charge in [0, 0.05) is 23.7 Å². The van der Waals surface area contributed by atoms with Gasteiger partial charge in [-0.15, -0.1) is 0 Å². The van der Waals surface area contributed by atoms with Crippen molar-refractivity contribution in [3.63, 3.8) is 0 Å².